The summed E-state index contributed by atoms with van der Waals surface area (Å²) < 4.78 is 5.49. The van der Waals surface area contributed by atoms with Crippen LogP contribution < -0.4 is 5.32 Å². The van der Waals surface area contributed by atoms with Crippen molar-refractivity contribution in [3.63, 3.8) is 0 Å². The third-order valence-electron chi connectivity index (χ3n) is 2.32. The Morgan fingerprint density at radius 2 is 1.94 bits per heavy atom. The van der Waals surface area contributed by atoms with Crippen LogP contribution in [0.5, 0.6) is 0 Å². The number of carbonyl (C=O) groups is 2. The maximum Gasteiger partial charge on any atom is 0.317 e. The van der Waals surface area contributed by atoms with Gasteiger partial charge in [-0.15, -0.1) is 0 Å². The molecule has 1 fully saturated rings. The number of ether oxygens (including phenoxy) is 1. The molecule has 1 aliphatic heterocycles. The summed E-state index contributed by atoms with van der Waals surface area (Å²) in [6, 6.07) is -0.219. The molecular formula is C10H18N2O4. The van der Waals surface area contributed by atoms with Gasteiger partial charge in [-0.1, -0.05) is 0 Å². The number of aliphatic carboxylic acids is 1. The summed E-state index contributed by atoms with van der Waals surface area (Å²) in [4.78, 5) is 23.6. The largest absolute Gasteiger partial charge is 0.481 e. The molecule has 0 radical (unpaired) electrons. The molecule has 2 N–H and O–H groups in total. The molecule has 1 heterocycles. The number of urea groups is 1. The highest BCUT2D eigenvalue weighted by Gasteiger charge is 2.25. The Hall–Kier alpha value is -1.30. The molecule has 2 amide bonds. The van der Waals surface area contributed by atoms with Gasteiger partial charge >= 0.3 is 12.0 Å². The monoisotopic (exact) mass is 230 g/mol. The second-order valence-electron chi connectivity index (χ2n) is 4.04. The van der Waals surface area contributed by atoms with Crippen LogP contribution in [0.3, 0.4) is 0 Å². The molecule has 0 aromatic carbocycles. The maximum absolute atomic E-state index is 11.6. The minimum Gasteiger partial charge on any atom is -0.481 e. The van der Waals surface area contributed by atoms with Gasteiger partial charge in [-0.3, -0.25) is 4.79 Å². The summed E-state index contributed by atoms with van der Waals surface area (Å²) in [6.45, 7) is 5.07. The van der Waals surface area contributed by atoms with E-state index in [0.717, 1.165) is 0 Å². The lowest BCUT2D eigenvalue weighted by molar-refractivity contribution is -0.136. The van der Waals surface area contributed by atoms with Crippen molar-refractivity contribution in [1.82, 2.24) is 10.2 Å². The first-order chi connectivity index (χ1) is 7.49. The number of rotatable bonds is 3. The van der Waals surface area contributed by atoms with Crippen molar-refractivity contribution in [2.45, 2.75) is 32.5 Å². The van der Waals surface area contributed by atoms with Crippen molar-refractivity contribution in [3.8, 4) is 0 Å². The molecule has 1 rings (SSSR count). The molecule has 6 heteroatoms. The molecule has 0 bridgehead atoms. The first-order valence-corrected chi connectivity index (χ1v) is 5.39. The second kappa shape index (κ2) is 5.69. The van der Waals surface area contributed by atoms with Gasteiger partial charge in [0, 0.05) is 19.6 Å². The molecular weight excluding hydrogens is 212 g/mol. The van der Waals surface area contributed by atoms with E-state index in [1.165, 1.54) is 0 Å². The minimum absolute atomic E-state index is 0.0222. The van der Waals surface area contributed by atoms with E-state index in [2.05, 4.69) is 5.32 Å². The number of carbonyl (C=O) groups excluding carboxylic acids is 1. The van der Waals surface area contributed by atoms with Crippen LogP contribution in [0, 0.1) is 0 Å². The molecule has 0 aliphatic carbocycles. The summed E-state index contributed by atoms with van der Waals surface area (Å²) >= 11 is 0. The smallest absolute Gasteiger partial charge is 0.317 e. The van der Waals surface area contributed by atoms with E-state index in [1.54, 1.807) is 4.90 Å². The predicted octanol–water partition coefficient (Wildman–Crippen LogP) is 0.280. The van der Waals surface area contributed by atoms with Crippen LogP contribution in [-0.4, -0.2) is 53.8 Å². The van der Waals surface area contributed by atoms with Gasteiger partial charge in [-0.05, 0) is 13.8 Å². The Bertz CT molecular complexity index is 260. The molecule has 0 aromatic heterocycles. The van der Waals surface area contributed by atoms with Crippen LogP contribution >= 0.6 is 0 Å². The number of amides is 2. The average molecular weight is 230 g/mol. The topological polar surface area (TPSA) is 78.9 Å². The molecule has 0 spiro atoms. The van der Waals surface area contributed by atoms with Crippen LogP contribution in [0.25, 0.3) is 0 Å². The fourth-order valence-corrected chi connectivity index (χ4v) is 1.73. The summed E-state index contributed by atoms with van der Waals surface area (Å²) in [6.07, 6.45) is -0.00998. The van der Waals surface area contributed by atoms with E-state index in [1.807, 2.05) is 13.8 Å². The normalized spacial score (nSPS) is 25.2. The number of nitrogens with zero attached hydrogens (tertiary/aromatic N) is 1. The molecule has 6 nitrogen and oxygen atoms in total. The highest BCUT2D eigenvalue weighted by molar-refractivity contribution is 5.75. The summed E-state index contributed by atoms with van der Waals surface area (Å²) in [5, 5.41) is 11.0. The van der Waals surface area contributed by atoms with Crippen LogP contribution in [0.4, 0.5) is 4.79 Å². The van der Waals surface area contributed by atoms with Crippen molar-refractivity contribution in [2.75, 3.05) is 19.6 Å². The Morgan fingerprint density at radius 1 is 1.38 bits per heavy atom. The van der Waals surface area contributed by atoms with Crippen molar-refractivity contribution < 1.29 is 19.4 Å². The highest BCUT2D eigenvalue weighted by atomic mass is 16.5. The molecule has 1 aliphatic rings. The molecule has 92 valence electrons. The van der Waals surface area contributed by atoms with Crippen molar-refractivity contribution >= 4 is 12.0 Å². The Morgan fingerprint density at radius 3 is 2.44 bits per heavy atom. The third-order valence-corrected chi connectivity index (χ3v) is 2.32. The van der Waals surface area contributed by atoms with Crippen LogP contribution in [0.2, 0.25) is 0 Å². The third kappa shape index (κ3) is 4.06. The van der Waals surface area contributed by atoms with Gasteiger partial charge in [0.15, 0.2) is 0 Å². The molecule has 0 saturated carbocycles. The average Bonchev–Trinajstić information content (AvgIpc) is 2.15. The van der Waals surface area contributed by atoms with E-state index in [9.17, 15) is 9.59 Å². The molecule has 16 heavy (non-hydrogen) atoms. The first-order valence-electron chi connectivity index (χ1n) is 5.39. The lowest BCUT2D eigenvalue weighted by atomic mass is 10.2. The fourth-order valence-electron chi connectivity index (χ4n) is 1.73. The number of hydrogen-bond acceptors (Lipinski definition) is 3. The van der Waals surface area contributed by atoms with Crippen LogP contribution in [0.15, 0.2) is 0 Å². The number of carboxylic acid groups (broad SMARTS) is 1. The lowest BCUT2D eigenvalue weighted by Crippen LogP contribution is -2.51. The van der Waals surface area contributed by atoms with E-state index in [4.69, 9.17) is 9.84 Å². The van der Waals surface area contributed by atoms with Crippen LogP contribution in [-0.2, 0) is 9.53 Å². The number of hydrogen-bond donors (Lipinski definition) is 2. The highest BCUT2D eigenvalue weighted by Crippen LogP contribution is 2.10. The SMILES string of the molecule is CC1CN(C(=O)NCCC(=O)O)CC(C)O1. The van der Waals surface area contributed by atoms with E-state index in [0.29, 0.717) is 13.1 Å². The molecule has 0 aromatic rings. The first kappa shape index (κ1) is 12.8. The van der Waals surface area contributed by atoms with Gasteiger partial charge in [-0.2, -0.15) is 0 Å². The number of morpholine rings is 1. The predicted molar refractivity (Wildman–Crippen MR) is 57.2 cm³/mol. The Kier molecular flexibility index (Phi) is 4.54. The lowest BCUT2D eigenvalue weighted by Gasteiger charge is -2.35. The number of nitrogens with one attached hydrogen (secondary N) is 1. The molecule has 2 unspecified atom stereocenters. The minimum atomic E-state index is -0.913. The zero-order valence-electron chi connectivity index (χ0n) is 9.60. The quantitative estimate of drug-likeness (QED) is 0.730. The van der Waals surface area contributed by atoms with Gasteiger partial charge in [0.1, 0.15) is 0 Å². The van der Waals surface area contributed by atoms with Gasteiger partial charge in [0.05, 0.1) is 18.6 Å². The fraction of sp³-hybridized carbons (Fsp3) is 0.800. The number of carboxylic acids is 1. The van der Waals surface area contributed by atoms with Gasteiger partial charge in [-0.25, -0.2) is 4.79 Å². The van der Waals surface area contributed by atoms with E-state index in [-0.39, 0.29) is 31.2 Å². The van der Waals surface area contributed by atoms with E-state index >= 15 is 0 Å². The van der Waals surface area contributed by atoms with Crippen molar-refractivity contribution in [3.05, 3.63) is 0 Å². The summed E-state index contributed by atoms with van der Waals surface area (Å²) in [5.41, 5.74) is 0. The van der Waals surface area contributed by atoms with Gasteiger partial charge < -0.3 is 20.1 Å². The molecule has 1 saturated heterocycles. The van der Waals surface area contributed by atoms with Crippen LogP contribution in [0.1, 0.15) is 20.3 Å². The maximum atomic E-state index is 11.6. The molecule has 2 atom stereocenters. The summed E-state index contributed by atoms with van der Waals surface area (Å²) in [7, 11) is 0. The Labute approximate surface area is 94.6 Å². The van der Waals surface area contributed by atoms with Crippen molar-refractivity contribution in [1.29, 1.82) is 0 Å². The summed E-state index contributed by atoms with van der Waals surface area (Å²) in [5.74, 6) is -0.913. The van der Waals surface area contributed by atoms with E-state index < -0.39 is 5.97 Å². The second-order valence-corrected chi connectivity index (χ2v) is 4.04. The van der Waals surface area contributed by atoms with Crippen molar-refractivity contribution in [2.24, 2.45) is 0 Å². The Balaban J connectivity index is 2.32. The zero-order valence-corrected chi connectivity index (χ0v) is 9.60. The standard InChI is InChI=1S/C10H18N2O4/c1-7-5-12(6-8(2)16-7)10(15)11-4-3-9(13)14/h7-8H,3-6H2,1-2H3,(H,11,15)(H,13,14). The van der Waals surface area contributed by atoms with Gasteiger partial charge in [0.2, 0.25) is 0 Å². The zero-order chi connectivity index (χ0) is 12.1. The van der Waals surface area contributed by atoms with Gasteiger partial charge in [0.25, 0.3) is 0 Å².